The maximum Gasteiger partial charge on any atom is 0.222 e. The second-order valence-electron chi connectivity index (χ2n) is 12.4. The van der Waals surface area contributed by atoms with Crippen LogP contribution in [-0.2, 0) is 12.8 Å². The number of thiazole rings is 2. The molecule has 0 aliphatic carbocycles. The molecule has 6 rings (SSSR count). The van der Waals surface area contributed by atoms with Gasteiger partial charge in [-0.2, -0.15) is 0 Å². The molecule has 6 nitrogen and oxygen atoms in total. The molecule has 0 aliphatic rings. The lowest BCUT2D eigenvalue weighted by Crippen LogP contribution is -1.94. The first-order valence-corrected chi connectivity index (χ1v) is 19.4. The SMILES string of the molecule is C.CC(C)Cc1sc(N)nc1-c1ccc(Cl)c(Cl)c1.[C-]#[N+]c1ccccc1F.[C-]#[N+]c1ccccc1Nc1nc(-c2ccc(Cl)c(Cl)c2)c(CC(C)C)s1. The van der Waals surface area contributed by atoms with E-state index in [1.54, 1.807) is 41.7 Å². The number of anilines is 3. The van der Waals surface area contributed by atoms with Crippen LogP contribution in [0.15, 0.2) is 84.9 Å². The monoisotopic (exact) mass is 838 g/mol. The molecule has 0 unspecified atom stereocenters. The second kappa shape index (κ2) is 21.0. The van der Waals surface area contributed by atoms with Crippen LogP contribution in [0.25, 0.3) is 32.2 Å². The van der Waals surface area contributed by atoms with Gasteiger partial charge in [-0.1, -0.05) is 130 Å². The Hall–Kier alpha value is -4.19. The summed E-state index contributed by atoms with van der Waals surface area (Å²) in [4.78, 5) is 18.1. The molecule has 6 aromatic rings. The van der Waals surface area contributed by atoms with Gasteiger partial charge in [0.15, 0.2) is 10.3 Å². The fourth-order valence-electron chi connectivity index (χ4n) is 4.87. The predicted molar refractivity (Wildman–Crippen MR) is 232 cm³/mol. The quantitative estimate of drug-likeness (QED) is 0.150. The van der Waals surface area contributed by atoms with Crippen LogP contribution in [0.2, 0.25) is 20.1 Å². The summed E-state index contributed by atoms with van der Waals surface area (Å²) in [6, 6.07) is 24.5. The maximum atomic E-state index is 12.4. The Morgan fingerprint density at radius 1 is 0.685 bits per heavy atom. The average Bonchev–Trinajstić information content (AvgIpc) is 3.69. The van der Waals surface area contributed by atoms with E-state index in [4.69, 9.17) is 70.3 Å². The van der Waals surface area contributed by atoms with Gasteiger partial charge in [-0.25, -0.2) is 24.0 Å². The molecule has 280 valence electrons. The summed E-state index contributed by atoms with van der Waals surface area (Å²) in [5, 5.41) is 6.77. The van der Waals surface area contributed by atoms with Crippen molar-refractivity contribution in [2.75, 3.05) is 11.1 Å². The highest BCUT2D eigenvalue weighted by molar-refractivity contribution is 7.16. The Morgan fingerprint density at radius 2 is 1.17 bits per heavy atom. The number of hydrogen-bond acceptors (Lipinski definition) is 6. The first-order chi connectivity index (χ1) is 25.3. The van der Waals surface area contributed by atoms with Crippen molar-refractivity contribution in [2.45, 2.75) is 48.0 Å². The van der Waals surface area contributed by atoms with E-state index in [0.29, 0.717) is 42.7 Å². The van der Waals surface area contributed by atoms with Gasteiger partial charge in [0, 0.05) is 26.6 Å². The van der Waals surface area contributed by atoms with Gasteiger partial charge in [0.2, 0.25) is 11.4 Å². The van der Waals surface area contributed by atoms with E-state index in [1.165, 1.54) is 33.2 Å². The fourth-order valence-corrected chi connectivity index (χ4v) is 7.74. The van der Waals surface area contributed by atoms with Gasteiger partial charge in [0.25, 0.3) is 0 Å². The van der Waals surface area contributed by atoms with Gasteiger partial charge >= 0.3 is 0 Å². The summed E-state index contributed by atoms with van der Waals surface area (Å²) in [7, 11) is 0. The fraction of sp³-hybridized carbons (Fsp3) is 0.220. The molecule has 0 saturated heterocycles. The predicted octanol–water partition coefficient (Wildman–Crippen LogP) is 15.5. The number of aromatic nitrogens is 2. The third kappa shape index (κ3) is 12.4. The largest absolute Gasteiger partial charge is 0.375 e. The first-order valence-electron chi connectivity index (χ1n) is 16.3. The van der Waals surface area contributed by atoms with Gasteiger partial charge < -0.3 is 11.1 Å². The Morgan fingerprint density at radius 3 is 1.65 bits per heavy atom. The molecule has 3 N–H and O–H groups in total. The molecule has 13 heteroatoms. The second-order valence-corrected chi connectivity index (χ2v) is 16.2. The summed E-state index contributed by atoms with van der Waals surface area (Å²) in [5.41, 5.74) is 11.0. The number of halogens is 5. The molecular weight excluding hydrogens is 801 g/mol. The van der Waals surface area contributed by atoms with Crippen molar-refractivity contribution in [3.05, 3.63) is 143 Å². The van der Waals surface area contributed by atoms with Crippen LogP contribution in [0, 0.1) is 30.8 Å². The van der Waals surface area contributed by atoms with E-state index in [0.717, 1.165) is 46.2 Å². The van der Waals surface area contributed by atoms with Gasteiger partial charge in [-0.3, -0.25) is 0 Å². The molecule has 2 aromatic heterocycles. The number of nitrogens with zero attached hydrogens (tertiary/aromatic N) is 4. The molecule has 0 saturated carbocycles. The van der Waals surface area contributed by atoms with Crippen molar-refractivity contribution < 1.29 is 4.39 Å². The average molecular weight is 841 g/mol. The molecule has 0 atom stereocenters. The van der Waals surface area contributed by atoms with Crippen molar-refractivity contribution in [3.8, 4) is 22.5 Å². The Bertz CT molecular complexity index is 2260. The number of nitrogens with one attached hydrogen (secondary N) is 1. The van der Waals surface area contributed by atoms with Crippen LogP contribution in [0.1, 0.15) is 44.9 Å². The molecule has 4 aromatic carbocycles. The topological polar surface area (TPSA) is 72.5 Å². The highest BCUT2D eigenvalue weighted by Crippen LogP contribution is 2.38. The number of nitrogens with two attached hydrogens (primary N) is 1. The summed E-state index contributed by atoms with van der Waals surface area (Å²) < 4.78 is 12.4. The van der Waals surface area contributed by atoms with Gasteiger partial charge in [-0.15, -0.1) is 22.7 Å². The molecule has 0 spiro atoms. The minimum absolute atomic E-state index is 0. The van der Waals surface area contributed by atoms with Gasteiger partial charge in [-0.05, 0) is 61.1 Å². The van der Waals surface area contributed by atoms with Crippen molar-refractivity contribution >= 4 is 96.4 Å². The van der Waals surface area contributed by atoms with E-state index >= 15 is 0 Å². The van der Waals surface area contributed by atoms with Crippen molar-refractivity contribution in [1.82, 2.24) is 9.97 Å². The Balaban J connectivity index is 0.000000242. The molecule has 54 heavy (non-hydrogen) atoms. The zero-order valence-corrected chi connectivity index (χ0v) is 33.9. The summed E-state index contributed by atoms with van der Waals surface area (Å²) >= 11 is 27.3. The number of para-hydroxylation sites is 3. The molecule has 0 aliphatic heterocycles. The highest BCUT2D eigenvalue weighted by atomic mass is 35.5. The Labute approximate surface area is 345 Å². The van der Waals surface area contributed by atoms with Gasteiger partial charge in [0.05, 0.1) is 44.6 Å². The van der Waals surface area contributed by atoms with Crippen LogP contribution in [0.5, 0.6) is 0 Å². The molecule has 0 radical (unpaired) electrons. The smallest absolute Gasteiger partial charge is 0.222 e. The van der Waals surface area contributed by atoms with Crippen molar-refractivity contribution in [1.29, 1.82) is 0 Å². The van der Waals surface area contributed by atoms with Crippen LogP contribution >= 0.6 is 69.1 Å². The minimum Gasteiger partial charge on any atom is -0.375 e. The number of benzene rings is 4. The number of hydrogen-bond donors (Lipinski definition) is 2. The molecule has 0 amide bonds. The van der Waals surface area contributed by atoms with Crippen molar-refractivity contribution in [3.63, 3.8) is 0 Å². The lowest BCUT2D eigenvalue weighted by Gasteiger charge is -2.06. The standard InChI is InChI=1S/C20H17Cl2N3S.C13H14Cl2N2S.C7H4FN.CH4/c1-12(2)10-18-19(13-8-9-14(21)15(22)11-13)25-20(26-18)24-17-7-5-4-6-16(17)23-3;1-7(2)5-11-12(17-13(16)18-11)8-3-4-9(14)10(15)6-8;1-9-7-5-3-2-4-6(7)8;/h4-9,11-12H,10H2,1-2H3,(H,24,25);3-4,6-7H,5H2,1-2H3,(H2,16,17);2-5H;1H4. The normalized spacial score (nSPS) is 10.3. The highest BCUT2D eigenvalue weighted by Gasteiger charge is 2.17. The van der Waals surface area contributed by atoms with Crippen molar-refractivity contribution in [2.24, 2.45) is 11.8 Å². The summed E-state index contributed by atoms with van der Waals surface area (Å²) in [6.45, 7) is 22.5. The van der Waals surface area contributed by atoms with E-state index in [-0.39, 0.29) is 13.1 Å². The van der Waals surface area contributed by atoms with E-state index in [9.17, 15) is 4.39 Å². The van der Waals surface area contributed by atoms with E-state index in [1.807, 2.05) is 42.5 Å². The van der Waals surface area contributed by atoms with E-state index in [2.05, 4.69) is 47.7 Å². The molecular formula is C41H39Cl4FN6S2. The zero-order valence-electron chi connectivity index (χ0n) is 29.2. The maximum absolute atomic E-state index is 12.4. The van der Waals surface area contributed by atoms with Crippen LogP contribution in [0.4, 0.5) is 31.7 Å². The molecule has 0 fully saturated rings. The van der Waals surface area contributed by atoms with Crippen LogP contribution < -0.4 is 11.1 Å². The molecule has 2 heterocycles. The Kier molecular flexibility index (Phi) is 17.2. The number of rotatable bonds is 8. The van der Waals surface area contributed by atoms with Crippen LogP contribution in [0.3, 0.4) is 0 Å². The first kappa shape index (κ1) is 44.2. The van der Waals surface area contributed by atoms with Crippen LogP contribution in [-0.4, -0.2) is 9.97 Å². The lowest BCUT2D eigenvalue weighted by atomic mass is 10.0. The summed E-state index contributed by atoms with van der Waals surface area (Å²) in [6.07, 6.45) is 1.88. The third-order valence-electron chi connectivity index (χ3n) is 7.22. The zero-order chi connectivity index (χ0) is 38.7. The lowest BCUT2D eigenvalue weighted by molar-refractivity contribution is 0.633. The minimum atomic E-state index is -0.451. The van der Waals surface area contributed by atoms with E-state index < -0.39 is 5.82 Å². The summed E-state index contributed by atoms with van der Waals surface area (Å²) in [5.74, 6) is 0.610. The number of nitrogen functional groups attached to an aromatic ring is 1. The molecule has 0 bridgehead atoms. The third-order valence-corrected chi connectivity index (χ3v) is 10.6. The van der Waals surface area contributed by atoms with Gasteiger partial charge in [0.1, 0.15) is 5.82 Å².